The molecule has 2 N–H and O–H groups in total. The lowest BCUT2D eigenvalue weighted by molar-refractivity contribution is 0.00462. The molecule has 2 fully saturated rings. The number of alkyl carbamates (subject to hydrolysis) is 1. The van der Waals surface area contributed by atoms with E-state index in [-0.39, 0.29) is 24.9 Å². The van der Waals surface area contributed by atoms with Crippen LogP contribution in [-0.2, 0) is 14.2 Å². The summed E-state index contributed by atoms with van der Waals surface area (Å²) in [4.78, 5) is 20.5. The summed E-state index contributed by atoms with van der Waals surface area (Å²) in [6, 6.07) is 11.0. The fourth-order valence-corrected chi connectivity index (χ4v) is 3.52. The van der Waals surface area contributed by atoms with Crippen LogP contribution in [0.4, 0.5) is 10.7 Å². The Kier molecular flexibility index (Phi) is 5.55. The Bertz CT molecular complexity index is 931. The van der Waals surface area contributed by atoms with Crippen molar-refractivity contribution >= 4 is 12.0 Å². The van der Waals surface area contributed by atoms with Crippen molar-refractivity contribution in [1.82, 2.24) is 15.3 Å². The second-order valence-electron chi connectivity index (χ2n) is 6.78. The number of hydrogen-bond acceptors (Lipinski definition) is 8. The van der Waals surface area contributed by atoms with Gasteiger partial charge in [0.05, 0.1) is 36.6 Å². The first kappa shape index (κ1) is 19.1. The molecule has 9 nitrogen and oxygen atoms in total. The van der Waals surface area contributed by atoms with Crippen LogP contribution in [0, 0.1) is 11.3 Å². The van der Waals surface area contributed by atoms with Crippen molar-refractivity contribution in [3.05, 3.63) is 42.1 Å². The number of nitrogens with zero attached hydrogens (tertiary/aromatic N) is 3. The lowest BCUT2D eigenvalue weighted by atomic mass is 10.1. The van der Waals surface area contributed by atoms with Gasteiger partial charge in [-0.25, -0.2) is 14.8 Å². The number of nitrogens with one attached hydrogen (secondary N) is 2. The molecule has 1 aromatic heterocycles. The molecule has 0 bridgehead atoms. The second-order valence-corrected chi connectivity index (χ2v) is 6.78. The number of anilines is 1. The third kappa shape index (κ3) is 4.13. The Morgan fingerprint density at radius 1 is 1.31 bits per heavy atom. The van der Waals surface area contributed by atoms with Gasteiger partial charge >= 0.3 is 6.09 Å². The van der Waals surface area contributed by atoms with E-state index in [4.69, 9.17) is 19.5 Å². The van der Waals surface area contributed by atoms with E-state index in [9.17, 15) is 4.79 Å². The van der Waals surface area contributed by atoms with Crippen LogP contribution in [0.5, 0.6) is 0 Å². The summed E-state index contributed by atoms with van der Waals surface area (Å²) < 4.78 is 17.0. The van der Waals surface area contributed by atoms with Crippen LogP contribution in [0.3, 0.4) is 0 Å². The Morgan fingerprint density at radius 2 is 2.17 bits per heavy atom. The van der Waals surface area contributed by atoms with Gasteiger partial charge in [-0.2, -0.15) is 5.26 Å². The first-order valence-corrected chi connectivity index (χ1v) is 9.45. The molecule has 4 atom stereocenters. The first-order chi connectivity index (χ1) is 14.2. The molecule has 2 saturated heterocycles. The van der Waals surface area contributed by atoms with Gasteiger partial charge in [-0.1, -0.05) is 12.1 Å². The summed E-state index contributed by atoms with van der Waals surface area (Å²) in [6.07, 6.45) is 0.152. The van der Waals surface area contributed by atoms with Crippen molar-refractivity contribution in [2.24, 2.45) is 0 Å². The van der Waals surface area contributed by atoms with Gasteiger partial charge in [0.25, 0.3) is 0 Å². The highest BCUT2D eigenvalue weighted by molar-refractivity contribution is 5.67. The minimum Gasteiger partial charge on any atom is -0.441 e. The topological polar surface area (TPSA) is 118 Å². The van der Waals surface area contributed by atoms with Crippen molar-refractivity contribution in [3.63, 3.8) is 0 Å². The molecule has 2 aliphatic rings. The summed E-state index contributed by atoms with van der Waals surface area (Å²) >= 11 is 0. The van der Waals surface area contributed by atoms with Crippen LogP contribution < -0.4 is 10.6 Å². The maximum absolute atomic E-state index is 11.7. The van der Waals surface area contributed by atoms with Crippen molar-refractivity contribution in [2.45, 2.75) is 31.3 Å². The summed E-state index contributed by atoms with van der Waals surface area (Å²) in [5, 5.41) is 15.0. The Balaban J connectivity index is 1.43. The predicted octanol–water partition coefficient (Wildman–Crippen LogP) is 1.71. The van der Waals surface area contributed by atoms with Crippen LogP contribution in [-0.4, -0.2) is 60.2 Å². The van der Waals surface area contributed by atoms with E-state index in [0.29, 0.717) is 30.4 Å². The van der Waals surface area contributed by atoms with Crippen LogP contribution in [0.15, 0.2) is 36.5 Å². The zero-order chi connectivity index (χ0) is 20.2. The van der Waals surface area contributed by atoms with E-state index >= 15 is 0 Å². The number of benzene rings is 1. The highest BCUT2D eigenvalue weighted by atomic mass is 16.6. The average molecular weight is 395 g/mol. The van der Waals surface area contributed by atoms with E-state index in [0.717, 1.165) is 5.56 Å². The van der Waals surface area contributed by atoms with Crippen LogP contribution in [0.25, 0.3) is 11.3 Å². The fourth-order valence-electron chi connectivity index (χ4n) is 3.52. The molecule has 0 saturated carbocycles. The molecule has 1 aromatic carbocycles. The molecule has 1 amide bonds. The number of nitriles is 1. The number of carbonyl (C=O) groups excluding carboxylic acids is 1. The molecule has 9 heteroatoms. The third-order valence-corrected chi connectivity index (χ3v) is 4.85. The number of aromatic nitrogens is 2. The first-order valence-electron chi connectivity index (χ1n) is 9.45. The summed E-state index contributed by atoms with van der Waals surface area (Å²) in [7, 11) is 0. The largest absolute Gasteiger partial charge is 0.441 e. The van der Waals surface area contributed by atoms with Gasteiger partial charge in [-0.15, -0.1) is 0 Å². The molecule has 4 unspecified atom stereocenters. The lowest BCUT2D eigenvalue weighted by Gasteiger charge is -2.18. The van der Waals surface area contributed by atoms with Gasteiger partial charge in [0, 0.05) is 18.3 Å². The third-order valence-electron chi connectivity index (χ3n) is 4.85. The fraction of sp³-hybridized carbons (Fsp3) is 0.400. The minimum atomic E-state index is -0.475. The number of hydrogen-bond donors (Lipinski definition) is 2. The number of amides is 1. The summed E-state index contributed by atoms with van der Waals surface area (Å²) in [5.41, 5.74) is 2.11. The maximum atomic E-state index is 11.7. The normalized spacial score (nSPS) is 25.1. The van der Waals surface area contributed by atoms with Crippen molar-refractivity contribution in [1.29, 1.82) is 5.26 Å². The van der Waals surface area contributed by atoms with E-state index < -0.39 is 12.2 Å². The molecule has 29 heavy (non-hydrogen) atoms. The summed E-state index contributed by atoms with van der Waals surface area (Å²) in [5.74, 6) is 0.441. The molecule has 0 radical (unpaired) electrons. The van der Waals surface area contributed by atoms with E-state index in [2.05, 4.69) is 26.7 Å². The SMILES string of the molecule is CCNC(=O)OC1COC2C(Nc3nccc(-c4cccc(C#N)c4)n3)COC12. The smallest absolute Gasteiger partial charge is 0.407 e. The molecule has 0 aliphatic carbocycles. The molecule has 2 aliphatic heterocycles. The zero-order valence-electron chi connectivity index (χ0n) is 15.9. The highest BCUT2D eigenvalue weighted by Gasteiger charge is 2.49. The van der Waals surface area contributed by atoms with Gasteiger partial charge in [-0.3, -0.25) is 0 Å². The maximum Gasteiger partial charge on any atom is 0.407 e. The standard InChI is InChI=1S/C20H21N5O4/c1-2-22-20(26)29-16-11-28-17-15(10-27-18(16)17)25-19-23-7-6-14(24-19)13-5-3-4-12(8-13)9-21/h3-8,15-18H,2,10-11H2,1H3,(H,22,26)(H,23,24,25). The van der Waals surface area contributed by atoms with Crippen LogP contribution in [0.2, 0.25) is 0 Å². The van der Waals surface area contributed by atoms with Gasteiger partial charge < -0.3 is 24.8 Å². The van der Waals surface area contributed by atoms with E-state index in [1.807, 2.05) is 19.1 Å². The van der Waals surface area contributed by atoms with Crippen molar-refractivity contribution < 1.29 is 19.0 Å². The molecule has 4 rings (SSSR count). The Morgan fingerprint density at radius 3 is 3.00 bits per heavy atom. The second kappa shape index (κ2) is 8.43. The molecule has 150 valence electrons. The molecular formula is C20H21N5O4. The molecule has 2 aromatic rings. The van der Waals surface area contributed by atoms with E-state index in [1.54, 1.807) is 24.4 Å². The van der Waals surface area contributed by atoms with Crippen LogP contribution in [0.1, 0.15) is 12.5 Å². The highest BCUT2D eigenvalue weighted by Crippen LogP contribution is 2.30. The Labute approximate surface area is 168 Å². The van der Waals surface area contributed by atoms with Gasteiger partial charge in [0.2, 0.25) is 5.95 Å². The average Bonchev–Trinajstić information content (AvgIpc) is 3.32. The van der Waals surface area contributed by atoms with Gasteiger partial charge in [-0.05, 0) is 25.1 Å². The zero-order valence-corrected chi connectivity index (χ0v) is 15.9. The number of carbonyl (C=O) groups is 1. The summed E-state index contributed by atoms with van der Waals surface area (Å²) in [6.45, 7) is 3.00. The van der Waals surface area contributed by atoms with E-state index in [1.165, 1.54) is 0 Å². The van der Waals surface area contributed by atoms with Crippen molar-refractivity contribution in [3.8, 4) is 17.3 Å². The molecular weight excluding hydrogens is 374 g/mol. The number of ether oxygens (including phenoxy) is 3. The van der Waals surface area contributed by atoms with Crippen LogP contribution >= 0.6 is 0 Å². The number of fused-ring (bicyclic) bond motifs is 1. The lowest BCUT2D eigenvalue weighted by Crippen LogP contribution is -2.39. The predicted molar refractivity (Wildman–Crippen MR) is 103 cm³/mol. The minimum absolute atomic E-state index is 0.163. The quantitative estimate of drug-likeness (QED) is 0.785. The van der Waals surface area contributed by atoms with Crippen molar-refractivity contribution in [2.75, 3.05) is 25.1 Å². The monoisotopic (exact) mass is 395 g/mol. The van der Waals surface area contributed by atoms with Gasteiger partial charge in [0.15, 0.2) is 6.10 Å². The molecule has 3 heterocycles. The molecule has 0 spiro atoms. The van der Waals surface area contributed by atoms with Gasteiger partial charge in [0.1, 0.15) is 12.2 Å². The Hall–Kier alpha value is -3.22. The number of rotatable bonds is 5.